The van der Waals surface area contributed by atoms with E-state index in [4.69, 9.17) is 0 Å². The summed E-state index contributed by atoms with van der Waals surface area (Å²) in [5, 5.41) is 0. The second-order valence-electron chi connectivity index (χ2n) is 5.95. The summed E-state index contributed by atoms with van der Waals surface area (Å²) in [6.07, 6.45) is 14.8. The zero-order valence-electron chi connectivity index (χ0n) is 10.8. The van der Waals surface area contributed by atoms with Crippen LogP contribution in [-0.4, -0.2) is 14.5 Å². The minimum atomic E-state index is 0.694. The zero-order valence-corrected chi connectivity index (χ0v) is 12.5. The van der Waals surface area contributed by atoms with Gasteiger partial charge < -0.3 is 0 Å². The van der Waals surface area contributed by atoms with Gasteiger partial charge in [0.1, 0.15) is 0 Å². The van der Waals surface area contributed by atoms with Crippen LogP contribution in [0.2, 0.25) is 0 Å². The molecule has 1 aromatic rings. The molecule has 0 aromatic carbocycles. The van der Waals surface area contributed by atoms with E-state index in [2.05, 4.69) is 9.88 Å². The van der Waals surface area contributed by atoms with Gasteiger partial charge in [-0.2, -0.15) is 0 Å². The van der Waals surface area contributed by atoms with Crippen molar-refractivity contribution < 1.29 is 0 Å². The molecule has 17 heavy (non-hydrogen) atoms. The molecule has 1 heteroatoms. The molecule has 0 unspecified atom stereocenters. The van der Waals surface area contributed by atoms with Crippen LogP contribution >= 0.6 is 0 Å². The molecule has 94 valence electrons. The first kappa shape index (κ1) is 12.1. The quantitative estimate of drug-likeness (QED) is 0.685. The van der Waals surface area contributed by atoms with Crippen molar-refractivity contribution in [3.05, 3.63) is 21.0 Å². The van der Waals surface area contributed by atoms with Gasteiger partial charge in [-0.3, -0.25) is 0 Å². The summed E-state index contributed by atoms with van der Waals surface area (Å²) in [4.78, 5) is 5.24. The molecule has 3 rings (SSSR count). The topological polar surface area (TPSA) is 0 Å². The molecule has 2 aliphatic carbocycles. The Balaban J connectivity index is 1.77. The molecule has 2 saturated carbocycles. The van der Waals surface area contributed by atoms with Crippen molar-refractivity contribution in [2.75, 3.05) is 0 Å². The van der Waals surface area contributed by atoms with Crippen molar-refractivity contribution in [2.45, 2.75) is 76.0 Å². The van der Waals surface area contributed by atoms with E-state index in [1.165, 1.54) is 64.2 Å². The Labute approximate surface area is 112 Å². The predicted molar refractivity (Wildman–Crippen MR) is 75.0 cm³/mol. The summed E-state index contributed by atoms with van der Waals surface area (Å²) in [6, 6.07) is 0. The Bertz CT molecular complexity index is 308. The SMILES string of the molecule is c1[se]cc(C2CCCCC2)c1C1CCCCC1. The molecule has 0 atom stereocenters. The molecule has 1 aromatic heterocycles. The molecule has 0 nitrogen and oxygen atoms in total. The maximum atomic E-state index is 2.62. The first-order chi connectivity index (χ1) is 8.45. The fraction of sp³-hybridized carbons (Fsp3) is 0.750. The first-order valence-electron chi connectivity index (χ1n) is 7.51. The second-order valence-corrected chi connectivity index (χ2v) is 7.51. The van der Waals surface area contributed by atoms with Crippen LogP contribution in [-0.2, 0) is 0 Å². The van der Waals surface area contributed by atoms with E-state index >= 15 is 0 Å². The van der Waals surface area contributed by atoms with Crippen LogP contribution in [0.25, 0.3) is 0 Å². The molecule has 0 spiro atoms. The Kier molecular flexibility index (Phi) is 4.08. The van der Waals surface area contributed by atoms with Crippen LogP contribution in [0, 0.1) is 0 Å². The molecule has 0 bridgehead atoms. The summed E-state index contributed by atoms with van der Waals surface area (Å²) >= 11 is 0.694. The molecule has 0 amide bonds. The van der Waals surface area contributed by atoms with E-state index < -0.39 is 0 Å². The average Bonchev–Trinajstić information content (AvgIpc) is 2.90. The van der Waals surface area contributed by atoms with Gasteiger partial charge in [0, 0.05) is 0 Å². The van der Waals surface area contributed by atoms with Gasteiger partial charge in [0.05, 0.1) is 0 Å². The van der Waals surface area contributed by atoms with Crippen molar-refractivity contribution in [3.8, 4) is 0 Å². The summed E-state index contributed by atoms with van der Waals surface area (Å²) < 4.78 is 0. The van der Waals surface area contributed by atoms with Gasteiger partial charge in [-0.25, -0.2) is 0 Å². The van der Waals surface area contributed by atoms with Gasteiger partial charge in [-0.1, -0.05) is 0 Å². The van der Waals surface area contributed by atoms with Crippen LogP contribution < -0.4 is 0 Å². The van der Waals surface area contributed by atoms with Crippen molar-refractivity contribution in [2.24, 2.45) is 0 Å². The third-order valence-electron chi connectivity index (χ3n) is 4.81. The van der Waals surface area contributed by atoms with E-state index in [0.29, 0.717) is 14.5 Å². The van der Waals surface area contributed by atoms with Gasteiger partial charge in [0.2, 0.25) is 0 Å². The third kappa shape index (κ3) is 2.71. The van der Waals surface area contributed by atoms with Gasteiger partial charge in [-0.05, 0) is 0 Å². The average molecular weight is 295 g/mol. The van der Waals surface area contributed by atoms with E-state index in [1.807, 2.05) is 11.1 Å². The Hall–Kier alpha value is -0.000519. The number of hydrogen-bond donors (Lipinski definition) is 0. The van der Waals surface area contributed by atoms with Gasteiger partial charge in [-0.15, -0.1) is 0 Å². The molecular weight excluding hydrogens is 271 g/mol. The standard InChI is InChI=1S/C16H24Se/c1-3-7-13(8-4-1)15-11-17-12-16(15)14-9-5-2-6-10-14/h11-14H,1-10H2. The monoisotopic (exact) mass is 296 g/mol. The predicted octanol–water partition coefficient (Wildman–Crippen LogP) is 4.84. The number of hydrogen-bond acceptors (Lipinski definition) is 0. The molecule has 2 fully saturated rings. The molecule has 0 N–H and O–H groups in total. The fourth-order valence-corrected chi connectivity index (χ4v) is 5.94. The van der Waals surface area contributed by atoms with Crippen LogP contribution in [0.5, 0.6) is 0 Å². The normalized spacial score (nSPS) is 24.0. The van der Waals surface area contributed by atoms with Gasteiger partial charge in [0.25, 0.3) is 0 Å². The Morgan fingerprint density at radius 2 is 1.06 bits per heavy atom. The summed E-state index contributed by atoms with van der Waals surface area (Å²) in [7, 11) is 0. The summed E-state index contributed by atoms with van der Waals surface area (Å²) in [6.45, 7) is 0. The van der Waals surface area contributed by atoms with Crippen molar-refractivity contribution in [1.29, 1.82) is 0 Å². The Morgan fingerprint density at radius 1 is 0.647 bits per heavy atom. The van der Waals surface area contributed by atoms with Gasteiger partial charge in [0.15, 0.2) is 0 Å². The molecule has 0 radical (unpaired) electrons. The minimum absolute atomic E-state index is 0.694. The van der Waals surface area contributed by atoms with Crippen LogP contribution in [0.15, 0.2) is 9.88 Å². The molecular formula is C16H24Se. The van der Waals surface area contributed by atoms with E-state index in [0.717, 1.165) is 11.8 Å². The summed E-state index contributed by atoms with van der Waals surface area (Å²) in [5.41, 5.74) is 3.63. The van der Waals surface area contributed by atoms with Crippen molar-refractivity contribution >= 4 is 14.5 Å². The Morgan fingerprint density at radius 3 is 1.47 bits per heavy atom. The molecule has 0 saturated heterocycles. The van der Waals surface area contributed by atoms with Crippen LogP contribution in [0.3, 0.4) is 0 Å². The fourth-order valence-electron chi connectivity index (χ4n) is 3.81. The van der Waals surface area contributed by atoms with Crippen molar-refractivity contribution in [1.82, 2.24) is 0 Å². The first-order valence-corrected chi connectivity index (χ1v) is 9.49. The molecule has 0 aliphatic heterocycles. The number of rotatable bonds is 2. The van der Waals surface area contributed by atoms with E-state index in [9.17, 15) is 0 Å². The summed E-state index contributed by atoms with van der Waals surface area (Å²) in [5.74, 6) is 1.89. The van der Waals surface area contributed by atoms with E-state index in [-0.39, 0.29) is 0 Å². The molecule has 1 heterocycles. The third-order valence-corrected chi connectivity index (χ3v) is 6.45. The van der Waals surface area contributed by atoms with E-state index in [1.54, 1.807) is 0 Å². The zero-order chi connectivity index (χ0) is 11.5. The maximum absolute atomic E-state index is 2.62. The second kappa shape index (κ2) is 5.76. The van der Waals surface area contributed by atoms with Crippen LogP contribution in [0.4, 0.5) is 0 Å². The van der Waals surface area contributed by atoms with Gasteiger partial charge >= 0.3 is 112 Å². The van der Waals surface area contributed by atoms with Crippen LogP contribution in [0.1, 0.15) is 87.2 Å². The molecule has 2 aliphatic rings. The van der Waals surface area contributed by atoms with Crippen molar-refractivity contribution in [3.63, 3.8) is 0 Å².